The van der Waals surface area contributed by atoms with Crippen molar-refractivity contribution in [3.05, 3.63) is 23.8 Å². The Bertz CT molecular complexity index is 589. The number of ketones is 1. The van der Waals surface area contributed by atoms with Gasteiger partial charge in [-0.3, -0.25) is 19.2 Å². The number of rotatable bonds is 5. The quantitative estimate of drug-likeness (QED) is 0.458. The highest BCUT2D eigenvalue weighted by Gasteiger charge is 2.15. The van der Waals surface area contributed by atoms with Crippen LogP contribution in [0.2, 0.25) is 0 Å². The number of carbonyl (C=O) groups is 4. The van der Waals surface area contributed by atoms with Gasteiger partial charge in [-0.05, 0) is 18.2 Å². The van der Waals surface area contributed by atoms with E-state index in [9.17, 15) is 19.2 Å². The minimum Gasteiger partial charge on any atom is -0.457 e. The third kappa shape index (κ3) is 5.43. The third-order valence-electron chi connectivity index (χ3n) is 2.18. The summed E-state index contributed by atoms with van der Waals surface area (Å²) in [6.07, 6.45) is 0. The van der Waals surface area contributed by atoms with E-state index in [1.54, 1.807) is 0 Å². The van der Waals surface area contributed by atoms with Crippen molar-refractivity contribution < 1.29 is 33.4 Å². The van der Waals surface area contributed by atoms with Crippen LogP contribution < -0.4 is 9.47 Å². The van der Waals surface area contributed by atoms with Gasteiger partial charge in [0.05, 0.1) is 0 Å². The van der Waals surface area contributed by atoms with Crippen molar-refractivity contribution >= 4 is 23.7 Å². The van der Waals surface area contributed by atoms with Crippen molar-refractivity contribution in [3.8, 4) is 11.5 Å². The molecular formula is C14H14O7. The average Bonchev–Trinajstić information content (AvgIpc) is 2.36. The number of benzene rings is 1. The van der Waals surface area contributed by atoms with Gasteiger partial charge in [0.25, 0.3) is 0 Å². The Morgan fingerprint density at radius 1 is 0.857 bits per heavy atom. The molecular weight excluding hydrogens is 280 g/mol. The molecule has 7 nitrogen and oxygen atoms in total. The molecule has 0 aliphatic rings. The number of esters is 3. The van der Waals surface area contributed by atoms with E-state index in [1.807, 2.05) is 0 Å². The minimum atomic E-state index is -0.631. The molecule has 1 aromatic carbocycles. The summed E-state index contributed by atoms with van der Waals surface area (Å²) in [6, 6.07) is 3.93. The number of Topliss-reactive ketones (excluding diaryl/α,β-unsaturated/α-hetero) is 1. The highest BCUT2D eigenvalue weighted by molar-refractivity contribution is 5.98. The third-order valence-corrected chi connectivity index (χ3v) is 2.18. The van der Waals surface area contributed by atoms with E-state index in [2.05, 4.69) is 4.74 Å². The number of ether oxygens (including phenoxy) is 3. The molecule has 1 rings (SSSR count). The molecule has 0 N–H and O–H groups in total. The summed E-state index contributed by atoms with van der Waals surface area (Å²) in [7, 11) is 0. The van der Waals surface area contributed by atoms with E-state index in [1.165, 1.54) is 39.0 Å². The topological polar surface area (TPSA) is 96.0 Å². The van der Waals surface area contributed by atoms with E-state index in [0.29, 0.717) is 0 Å². The first kappa shape index (κ1) is 16.4. The molecule has 0 aromatic heterocycles. The Morgan fingerprint density at radius 2 is 1.43 bits per heavy atom. The van der Waals surface area contributed by atoms with Crippen LogP contribution in [0.3, 0.4) is 0 Å². The summed E-state index contributed by atoms with van der Waals surface area (Å²) in [4.78, 5) is 44.5. The molecule has 0 aliphatic carbocycles. The molecule has 0 saturated heterocycles. The summed E-state index contributed by atoms with van der Waals surface area (Å²) in [5.41, 5.74) is 0.156. The van der Waals surface area contributed by atoms with Crippen LogP contribution in [0.25, 0.3) is 0 Å². The molecule has 0 spiro atoms. The summed E-state index contributed by atoms with van der Waals surface area (Å²) in [6.45, 7) is 3.12. The monoisotopic (exact) mass is 294 g/mol. The van der Waals surface area contributed by atoms with Crippen LogP contribution in [-0.4, -0.2) is 30.3 Å². The Kier molecular flexibility index (Phi) is 5.59. The normalized spacial score (nSPS) is 9.67. The Labute approximate surface area is 120 Å². The molecule has 1 aromatic rings. The molecule has 0 atom stereocenters. The number of hydrogen-bond acceptors (Lipinski definition) is 7. The molecule has 21 heavy (non-hydrogen) atoms. The summed E-state index contributed by atoms with van der Waals surface area (Å²) in [5.74, 6) is -2.34. The van der Waals surface area contributed by atoms with Gasteiger partial charge in [-0.2, -0.15) is 0 Å². The van der Waals surface area contributed by atoms with Gasteiger partial charge in [0, 0.05) is 26.3 Å². The first-order chi connectivity index (χ1) is 9.79. The van der Waals surface area contributed by atoms with Crippen LogP contribution in [-0.2, 0) is 19.1 Å². The maximum absolute atomic E-state index is 11.8. The Hall–Kier alpha value is -2.70. The molecule has 0 bridgehead atoms. The smallest absolute Gasteiger partial charge is 0.308 e. The average molecular weight is 294 g/mol. The second-order valence-electron chi connectivity index (χ2n) is 4.05. The van der Waals surface area contributed by atoms with E-state index in [4.69, 9.17) is 9.47 Å². The fourth-order valence-corrected chi connectivity index (χ4v) is 1.41. The summed E-state index contributed by atoms with van der Waals surface area (Å²) in [5, 5.41) is 0. The van der Waals surface area contributed by atoms with Crippen molar-refractivity contribution in [3.63, 3.8) is 0 Å². The maximum Gasteiger partial charge on any atom is 0.308 e. The van der Waals surface area contributed by atoms with Gasteiger partial charge in [-0.1, -0.05) is 0 Å². The Balaban J connectivity index is 3.02. The second-order valence-corrected chi connectivity index (χ2v) is 4.05. The van der Waals surface area contributed by atoms with Crippen LogP contribution in [0.1, 0.15) is 31.1 Å². The molecule has 0 aliphatic heterocycles. The maximum atomic E-state index is 11.8. The van der Waals surface area contributed by atoms with Crippen LogP contribution in [0.15, 0.2) is 18.2 Å². The predicted octanol–water partition coefficient (Wildman–Crippen LogP) is 1.28. The molecule has 0 fully saturated rings. The molecule has 0 radical (unpaired) electrons. The lowest BCUT2D eigenvalue weighted by Gasteiger charge is -2.10. The van der Waals surface area contributed by atoms with Gasteiger partial charge >= 0.3 is 17.9 Å². The van der Waals surface area contributed by atoms with E-state index in [-0.39, 0.29) is 17.1 Å². The first-order valence-electron chi connectivity index (χ1n) is 5.97. The molecule has 0 unspecified atom stereocenters. The number of hydrogen-bond donors (Lipinski definition) is 0. The molecule has 0 saturated carbocycles. The van der Waals surface area contributed by atoms with Gasteiger partial charge in [0.15, 0.2) is 23.9 Å². The van der Waals surface area contributed by atoms with Gasteiger partial charge in [0.2, 0.25) is 0 Å². The second kappa shape index (κ2) is 7.18. The molecule has 0 amide bonds. The lowest BCUT2D eigenvalue weighted by Crippen LogP contribution is -2.13. The van der Waals surface area contributed by atoms with Crippen LogP contribution in [0.4, 0.5) is 0 Å². The fourth-order valence-electron chi connectivity index (χ4n) is 1.41. The van der Waals surface area contributed by atoms with Gasteiger partial charge < -0.3 is 14.2 Å². The largest absolute Gasteiger partial charge is 0.457 e. The zero-order chi connectivity index (χ0) is 16.0. The lowest BCUT2D eigenvalue weighted by molar-refractivity contribution is -0.139. The number of carbonyl (C=O) groups excluding carboxylic acids is 4. The fraction of sp³-hybridized carbons (Fsp3) is 0.286. The van der Waals surface area contributed by atoms with Gasteiger partial charge in [0.1, 0.15) is 0 Å². The zero-order valence-corrected chi connectivity index (χ0v) is 11.8. The Morgan fingerprint density at radius 3 is 1.95 bits per heavy atom. The van der Waals surface area contributed by atoms with E-state index in [0.717, 1.165) is 0 Å². The molecule has 0 heterocycles. The summed E-state index contributed by atoms with van der Waals surface area (Å²) >= 11 is 0. The standard InChI is InChI=1S/C14H14O7/c1-8(15)19-7-12(18)11-4-5-13(20-9(2)16)14(6-11)21-10(3)17/h4-6H,7H2,1-3H3. The van der Waals surface area contributed by atoms with E-state index < -0.39 is 30.3 Å². The molecule has 7 heteroatoms. The molecule has 112 valence electrons. The minimum absolute atomic E-state index is 0.0155. The van der Waals surface area contributed by atoms with Crippen molar-refractivity contribution in [2.45, 2.75) is 20.8 Å². The van der Waals surface area contributed by atoms with Crippen LogP contribution >= 0.6 is 0 Å². The SMILES string of the molecule is CC(=O)OCC(=O)c1ccc(OC(C)=O)c(OC(C)=O)c1. The lowest BCUT2D eigenvalue weighted by atomic mass is 10.1. The first-order valence-corrected chi connectivity index (χ1v) is 5.97. The van der Waals surface area contributed by atoms with Crippen molar-refractivity contribution in [1.29, 1.82) is 0 Å². The van der Waals surface area contributed by atoms with Crippen molar-refractivity contribution in [1.82, 2.24) is 0 Å². The highest BCUT2D eigenvalue weighted by Crippen LogP contribution is 2.29. The summed E-state index contributed by atoms with van der Waals surface area (Å²) < 4.78 is 14.3. The van der Waals surface area contributed by atoms with Gasteiger partial charge in [-0.15, -0.1) is 0 Å². The predicted molar refractivity (Wildman–Crippen MR) is 70.0 cm³/mol. The van der Waals surface area contributed by atoms with Gasteiger partial charge in [-0.25, -0.2) is 0 Å². The van der Waals surface area contributed by atoms with Crippen LogP contribution in [0, 0.1) is 0 Å². The highest BCUT2D eigenvalue weighted by atomic mass is 16.6. The van der Waals surface area contributed by atoms with Crippen LogP contribution in [0.5, 0.6) is 11.5 Å². The zero-order valence-electron chi connectivity index (χ0n) is 11.8. The van der Waals surface area contributed by atoms with Crippen molar-refractivity contribution in [2.75, 3.05) is 6.61 Å². The van der Waals surface area contributed by atoms with E-state index >= 15 is 0 Å². The van der Waals surface area contributed by atoms with Crippen molar-refractivity contribution in [2.24, 2.45) is 0 Å².